The van der Waals surface area contributed by atoms with E-state index in [9.17, 15) is 0 Å². The molecule has 52 heavy (non-hydrogen) atoms. The van der Waals surface area contributed by atoms with E-state index in [0.717, 1.165) is 55.5 Å². The van der Waals surface area contributed by atoms with Crippen LogP contribution in [0.5, 0.6) is 0 Å². The molecule has 0 bridgehead atoms. The van der Waals surface area contributed by atoms with Gasteiger partial charge in [-0.05, 0) is 86.4 Å². The van der Waals surface area contributed by atoms with Crippen LogP contribution < -0.4 is 4.90 Å². The van der Waals surface area contributed by atoms with Gasteiger partial charge in [0.1, 0.15) is 11.2 Å². The van der Waals surface area contributed by atoms with Crippen LogP contribution in [0.3, 0.4) is 0 Å². The summed E-state index contributed by atoms with van der Waals surface area (Å²) in [4.78, 5) is 2.39. The molecule has 10 aromatic rings. The Hall–Kier alpha value is -6.90. The van der Waals surface area contributed by atoms with Crippen molar-refractivity contribution < 1.29 is 4.42 Å². The Labute approximate surface area is 302 Å². The molecule has 9 aromatic carbocycles. The van der Waals surface area contributed by atoms with Crippen LogP contribution in [-0.2, 0) is 0 Å². The van der Waals surface area contributed by atoms with Crippen molar-refractivity contribution in [2.75, 3.05) is 4.90 Å². The largest absolute Gasteiger partial charge is 0.455 e. The zero-order valence-corrected chi connectivity index (χ0v) is 28.4. The highest BCUT2D eigenvalue weighted by Gasteiger charge is 2.21. The summed E-state index contributed by atoms with van der Waals surface area (Å²) in [5.74, 6) is 0. The predicted molar refractivity (Wildman–Crippen MR) is 220 cm³/mol. The van der Waals surface area contributed by atoms with Crippen molar-refractivity contribution in [3.05, 3.63) is 200 Å². The summed E-state index contributed by atoms with van der Waals surface area (Å²) in [6.07, 6.45) is 0. The van der Waals surface area contributed by atoms with Gasteiger partial charge in [-0.15, -0.1) is 0 Å². The second-order valence-corrected chi connectivity index (χ2v) is 13.3. The normalized spacial score (nSPS) is 11.5. The molecule has 0 atom stereocenters. The van der Waals surface area contributed by atoms with Crippen LogP contribution in [0.25, 0.3) is 76.9 Å². The molecule has 0 aliphatic heterocycles. The molecule has 1 aromatic heterocycles. The lowest BCUT2D eigenvalue weighted by Gasteiger charge is -2.28. The lowest BCUT2D eigenvalue weighted by Crippen LogP contribution is -2.11. The van der Waals surface area contributed by atoms with Crippen molar-refractivity contribution in [2.24, 2.45) is 0 Å². The molecule has 0 amide bonds. The molecule has 0 saturated heterocycles. The maximum atomic E-state index is 6.63. The first-order chi connectivity index (χ1) is 25.8. The summed E-state index contributed by atoms with van der Waals surface area (Å²) >= 11 is 0. The molecule has 0 fully saturated rings. The molecule has 0 spiro atoms. The van der Waals surface area contributed by atoms with E-state index < -0.39 is 0 Å². The molecule has 2 nitrogen and oxygen atoms in total. The van der Waals surface area contributed by atoms with Crippen molar-refractivity contribution in [1.29, 1.82) is 0 Å². The van der Waals surface area contributed by atoms with E-state index in [-0.39, 0.29) is 0 Å². The summed E-state index contributed by atoms with van der Waals surface area (Å²) in [6, 6.07) is 71.7. The number of nitrogens with zero attached hydrogens (tertiary/aromatic N) is 1. The van der Waals surface area contributed by atoms with E-state index in [1.54, 1.807) is 0 Å². The molecule has 1 heterocycles. The zero-order chi connectivity index (χ0) is 34.4. The minimum Gasteiger partial charge on any atom is -0.455 e. The quantitative estimate of drug-likeness (QED) is 0.176. The van der Waals surface area contributed by atoms with Crippen LogP contribution in [0.2, 0.25) is 0 Å². The molecule has 2 heteroatoms. The Morgan fingerprint density at radius 2 is 0.981 bits per heavy atom. The lowest BCUT2D eigenvalue weighted by atomic mass is 9.95. The number of benzene rings is 9. The van der Waals surface area contributed by atoms with Crippen molar-refractivity contribution in [3.63, 3.8) is 0 Å². The van der Waals surface area contributed by atoms with Crippen molar-refractivity contribution in [2.45, 2.75) is 0 Å². The number of hydrogen-bond donors (Lipinski definition) is 0. The van der Waals surface area contributed by atoms with Crippen LogP contribution >= 0.6 is 0 Å². The third-order valence-corrected chi connectivity index (χ3v) is 10.3. The average Bonchev–Trinajstić information content (AvgIpc) is 3.62. The summed E-state index contributed by atoms with van der Waals surface area (Å²) in [7, 11) is 0. The minimum atomic E-state index is 0.885. The van der Waals surface area contributed by atoms with E-state index in [1.807, 2.05) is 0 Å². The molecule has 0 N–H and O–H groups in total. The number of rotatable bonds is 6. The summed E-state index contributed by atoms with van der Waals surface area (Å²) < 4.78 is 6.63. The van der Waals surface area contributed by atoms with Gasteiger partial charge in [0.15, 0.2) is 0 Å². The van der Waals surface area contributed by atoms with Crippen LogP contribution in [0, 0.1) is 0 Å². The van der Waals surface area contributed by atoms with Crippen LogP contribution in [0.4, 0.5) is 17.1 Å². The van der Waals surface area contributed by atoms with Gasteiger partial charge in [-0.1, -0.05) is 158 Å². The monoisotopic (exact) mass is 663 g/mol. The fourth-order valence-electron chi connectivity index (χ4n) is 7.82. The maximum absolute atomic E-state index is 6.63. The van der Waals surface area contributed by atoms with Gasteiger partial charge in [-0.3, -0.25) is 0 Å². The number of para-hydroxylation sites is 1. The number of anilines is 3. The van der Waals surface area contributed by atoms with Gasteiger partial charge < -0.3 is 9.32 Å². The van der Waals surface area contributed by atoms with E-state index >= 15 is 0 Å². The molecule has 0 aliphatic carbocycles. The molecular weight excluding hydrogens is 631 g/mol. The maximum Gasteiger partial charge on any atom is 0.143 e. The average molecular weight is 664 g/mol. The molecule has 0 saturated carbocycles. The highest BCUT2D eigenvalue weighted by atomic mass is 16.3. The van der Waals surface area contributed by atoms with Crippen LogP contribution in [0.15, 0.2) is 205 Å². The first kappa shape index (κ1) is 30.0. The van der Waals surface area contributed by atoms with Crippen molar-refractivity contribution in [1.82, 2.24) is 0 Å². The topological polar surface area (TPSA) is 16.4 Å². The van der Waals surface area contributed by atoms with Crippen LogP contribution in [-0.4, -0.2) is 0 Å². The predicted octanol–water partition coefficient (Wildman–Crippen LogP) is 14.4. The molecule has 0 unspecified atom stereocenters. The molecule has 10 rings (SSSR count). The van der Waals surface area contributed by atoms with Gasteiger partial charge in [-0.2, -0.15) is 0 Å². The number of hydrogen-bond acceptors (Lipinski definition) is 2. The van der Waals surface area contributed by atoms with E-state index in [0.29, 0.717) is 0 Å². The first-order valence-electron chi connectivity index (χ1n) is 17.8. The molecule has 0 aliphatic rings. The highest BCUT2D eigenvalue weighted by molar-refractivity contribution is 6.19. The third kappa shape index (κ3) is 5.04. The van der Waals surface area contributed by atoms with E-state index in [4.69, 9.17) is 4.42 Å². The molecule has 244 valence electrons. The van der Waals surface area contributed by atoms with Crippen LogP contribution in [0.1, 0.15) is 0 Å². The lowest BCUT2D eigenvalue weighted by molar-refractivity contribution is 0.673. The van der Waals surface area contributed by atoms with Gasteiger partial charge >= 0.3 is 0 Å². The Balaban J connectivity index is 1.18. The summed E-state index contributed by atoms with van der Waals surface area (Å²) in [5, 5.41) is 7.04. The van der Waals surface area contributed by atoms with Gasteiger partial charge in [0.25, 0.3) is 0 Å². The van der Waals surface area contributed by atoms with Crippen molar-refractivity contribution in [3.8, 4) is 33.4 Å². The summed E-state index contributed by atoms with van der Waals surface area (Å²) in [5.41, 5.74) is 12.1. The first-order valence-corrected chi connectivity index (χ1v) is 17.8. The van der Waals surface area contributed by atoms with E-state index in [1.165, 1.54) is 38.4 Å². The smallest absolute Gasteiger partial charge is 0.143 e. The highest BCUT2D eigenvalue weighted by Crippen LogP contribution is 2.46. The Morgan fingerprint density at radius 3 is 1.85 bits per heavy atom. The standard InChI is InChI=1S/C50H33NO/c1-2-13-34(14-3-1)38-18-10-19-40(33-38)51(39-30-27-37(28-31-39)42-23-11-17-35-15-4-6-20-41(35)42)47-25-9-8-22-44(47)45-24-12-26-48-49(45)46-32-29-36-16-5-7-21-43(36)50(46)52-48/h1-33H. The Bertz CT molecular complexity index is 2900. The number of furan rings is 1. The SMILES string of the molecule is c1ccc(-c2cccc(N(c3ccc(-c4cccc5ccccc45)cc3)c3ccccc3-c3cccc4oc5c6ccccc6ccc5c34)c2)cc1. The van der Waals surface area contributed by atoms with Gasteiger partial charge in [0.05, 0.1) is 5.69 Å². The molecule has 0 radical (unpaired) electrons. The van der Waals surface area contributed by atoms with Crippen molar-refractivity contribution >= 4 is 60.5 Å². The number of fused-ring (bicyclic) bond motifs is 6. The van der Waals surface area contributed by atoms with Gasteiger partial charge in [-0.25, -0.2) is 0 Å². The fourth-order valence-corrected chi connectivity index (χ4v) is 7.82. The van der Waals surface area contributed by atoms with Gasteiger partial charge in [0, 0.05) is 33.1 Å². The minimum absolute atomic E-state index is 0.885. The Kier molecular flexibility index (Phi) is 7.18. The zero-order valence-electron chi connectivity index (χ0n) is 28.4. The fraction of sp³-hybridized carbons (Fsp3) is 0. The van der Waals surface area contributed by atoms with E-state index in [2.05, 4.69) is 205 Å². The Morgan fingerprint density at radius 1 is 0.346 bits per heavy atom. The molecular formula is C50H33NO. The van der Waals surface area contributed by atoms with Gasteiger partial charge in [0.2, 0.25) is 0 Å². The second kappa shape index (κ2) is 12.5. The summed E-state index contributed by atoms with van der Waals surface area (Å²) in [6.45, 7) is 0. The second-order valence-electron chi connectivity index (χ2n) is 13.3. The third-order valence-electron chi connectivity index (χ3n) is 10.3.